The normalized spacial score (nSPS) is 9.45. The summed E-state index contributed by atoms with van der Waals surface area (Å²) in [6.07, 6.45) is 0. The molecule has 52 valence electrons. The Morgan fingerprint density at radius 3 is 2.82 bits per heavy atom. The Morgan fingerprint density at radius 2 is 2.09 bits per heavy atom. The molecule has 1 heterocycles. The largest absolute Gasteiger partial charge is 1.00 e. The Labute approximate surface area is 86.6 Å². The van der Waals surface area contributed by atoms with Gasteiger partial charge in [-0.05, 0) is 17.3 Å². The predicted octanol–water partition coefficient (Wildman–Crippen LogP) is -2.21. The molecule has 11 heavy (non-hydrogen) atoms. The van der Waals surface area contributed by atoms with Crippen molar-refractivity contribution in [3.05, 3.63) is 24.3 Å². The van der Waals surface area contributed by atoms with Crippen molar-refractivity contribution in [1.82, 2.24) is 15.2 Å². The summed E-state index contributed by atoms with van der Waals surface area (Å²) in [6, 6.07) is 7.19. The van der Waals surface area contributed by atoms with Crippen molar-refractivity contribution in [2.24, 2.45) is 0 Å². The fourth-order valence-electron chi connectivity index (χ4n) is 0.857. The summed E-state index contributed by atoms with van der Waals surface area (Å²) < 4.78 is 0. The Bertz CT molecular complexity index is 364. The minimum atomic E-state index is 0. The monoisotopic (exact) mass is 159 g/mol. The van der Waals surface area contributed by atoms with Crippen LogP contribution in [0.2, 0.25) is 0 Å². The number of hydrogen-bond acceptors (Lipinski definition) is 3. The van der Waals surface area contributed by atoms with Crippen LogP contribution in [-0.4, -0.2) is 20.4 Å². The van der Waals surface area contributed by atoms with E-state index in [9.17, 15) is 0 Å². The minimum Gasteiger partial charge on any atom is -1.00 e. The topological polar surface area (TPSA) is 50.9 Å². The van der Waals surface area contributed by atoms with E-state index in [1.54, 1.807) is 12.1 Å². The zero-order valence-corrected chi connectivity index (χ0v) is 8.10. The number of benzene rings is 1. The first-order chi connectivity index (χ1) is 4.88. The van der Waals surface area contributed by atoms with Crippen LogP contribution in [-0.2, 0) is 0 Å². The van der Waals surface area contributed by atoms with Crippen LogP contribution in [0.1, 0.15) is 1.43 Å². The van der Waals surface area contributed by atoms with Crippen molar-refractivity contribution in [2.45, 2.75) is 0 Å². The molecule has 0 bridgehead atoms. The molecule has 0 fully saturated rings. The molecule has 2 rings (SSSR count). The van der Waals surface area contributed by atoms with E-state index in [4.69, 9.17) is 5.21 Å². The summed E-state index contributed by atoms with van der Waals surface area (Å²) >= 11 is 0. The van der Waals surface area contributed by atoms with E-state index in [1.165, 1.54) is 0 Å². The summed E-state index contributed by atoms with van der Waals surface area (Å²) in [6.45, 7) is 0. The molecular weight excluding hydrogens is 153 g/mol. The third-order valence-corrected chi connectivity index (χ3v) is 1.33. The van der Waals surface area contributed by atoms with E-state index >= 15 is 0 Å². The first-order valence-electron chi connectivity index (χ1n) is 2.87. The summed E-state index contributed by atoms with van der Waals surface area (Å²) in [7, 11) is 0. The molecule has 0 aliphatic rings. The maximum atomic E-state index is 8.95. The van der Waals surface area contributed by atoms with E-state index < -0.39 is 0 Å². The van der Waals surface area contributed by atoms with Gasteiger partial charge in [0.2, 0.25) is 0 Å². The van der Waals surface area contributed by atoms with Crippen molar-refractivity contribution >= 4 is 11.0 Å². The summed E-state index contributed by atoms with van der Waals surface area (Å²) in [4.78, 5) is 0.759. The van der Waals surface area contributed by atoms with Crippen molar-refractivity contribution in [2.75, 3.05) is 0 Å². The van der Waals surface area contributed by atoms with Gasteiger partial charge in [0.25, 0.3) is 0 Å². The molecule has 1 aromatic carbocycles. The molecule has 0 radical (unpaired) electrons. The number of aromatic nitrogens is 3. The van der Waals surface area contributed by atoms with Gasteiger partial charge in [0.1, 0.15) is 11.0 Å². The van der Waals surface area contributed by atoms with Crippen molar-refractivity contribution < 1.29 is 36.2 Å². The van der Waals surface area contributed by atoms with Crippen LogP contribution < -0.4 is 29.6 Å². The zero-order valence-electron chi connectivity index (χ0n) is 7.10. The van der Waals surface area contributed by atoms with Crippen molar-refractivity contribution in [3.63, 3.8) is 0 Å². The molecule has 0 aliphatic heterocycles. The average molecular weight is 159 g/mol. The second-order valence-electron chi connectivity index (χ2n) is 1.97. The van der Waals surface area contributed by atoms with Crippen LogP contribution in [0.3, 0.4) is 0 Å². The quantitative estimate of drug-likeness (QED) is 0.350. The van der Waals surface area contributed by atoms with Crippen LogP contribution in [0.25, 0.3) is 11.0 Å². The van der Waals surface area contributed by atoms with Gasteiger partial charge < -0.3 is 6.63 Å². The summed E-state index contributed by atoms with van der Waals surface area (Å²) in [5.74, 6) is 0. The SMILES string of the molecule is On1nnc2ccccc21.[H-].[Na+]. The number of hydrogen-bond donors (Lipinski definition) is 1. The third-order valence-electron chi connectivity index (χ3n) is 1.33. The number of nitrogens with zero attached hydrogens (tertiary/aromatic N) is 3. The van der Waals surface area contributed by atoms with Crippen LogP contribution in [0.4, 0.5) is 0 Å². The molecule has 0 unspecified atom stereocenters. The molecule has 0 spiro atoms. The van der Waals surface area contributed by atoms with Gasteiger partial charge in [-0.25, -0.2) is 0 Å². The third kappa shape index (κ3) is 1.38. The molecule has 0 saturated carbocycles. The molecule has 2 aromatic rings. The van der Waals surface area contributed by atoms with Crippen molar-refractivity contribution in [3.8, 4) is 0 Å². The van der Waals surface area contributed by atoms with Crippen LogP contribution in [0, 0.1) is 0 Å². The van der Waals surface area contributed by atoms with Gasteiger partial charge in [-0.1, -0.05) is 17.0 Å². The van der Waals surface area contributed by atoms with E-state index in [2.05, 4.69) is 10.3 Å². The van der Waals surface area contributed by atoms with Gasteiger partial charge in [0.05, 0.1) is 0 Å². The van der Waals surface area contributed by atoms with Gasteiger partial charge in [0.15, 0.2) is 0 Å². The second-order valence-corrected chi connectivity index (χ2v) is 1.97. The molecular formula is C6H6N3NaO. The van der Waals surface area contributed by atoms with Crippen LogP contribution >= 0.6 is 0 Å². The van der Waals surface area contributed by atoms with Crippen LogP contribution in [0.15, 0.2) is 24.3 Å². The number of rotatable bonds is 0. The molecule has 0 aliphatic carbocycles. The van der Waals surface area contributed by atoms with E-state index in [0.717, 1.165) is 4.85 Å². The smallest absolute Gasteiger partial charge is 1.00 e. The van der Waals surface area contributed by atoms with E-state index in [1.807, 2.05) is 12.1 Å². The van der Waals surface area contributed by atoms with Gasteiger partial charge in [-0.2, -0.15) is 0 Å². The zero-order chi connectivity index (χ0) is 6.97. The van der Waals surface area contributed by atoms with E-state index in [-0.39, 0.29) is 31.0 Å². The van der Waals surface area contributed by atoms with Gasteiger partial charge >= 0.3 is 29.6 Å². The molecule has 1 aromatic heterocycles. The molecule has 0 amide bonds. The Morgan fingerprint density at radius 1 is 1.36 bits per heavy atom. The molecule has 0 atom stereocenters. The Hall–Kier alpha value is -0.580. The molecule has 4 nitrogen and oxygen atoms in total. The number of para-hydroxylation sites is 1. The first-order valence-corrected chi connectivity index (χ1v) is 2.87. The Kier molecular flexibility index (Phi) is 2.49. The molecule has 5 heteroatoms. The maximum absolute atomic E-state index is 8.95. The number of fused-ring (bicyclic) bond motifs is 1. The fourth-order valence-corrected chi connectivity index (χ4v) is 0.857. The van der Waals surface area contributed by atoms with Gasteiger partial charge in [-0.3, -0.25) is 0 Å². The fraction of sp³-hybridized carbons (Fsp3) is 0. The Balaban J connectivity index is 0.000000605. The van der Waals surface area contributed by atoms with Gasteiger partial charge in [-0.15, -0.1) is 5.10 Å². The minimum absolute atomic E-state index is 0. The van der Waals surface area contributed by atoms with Crippen molar-refractivity contribution in [1.29, 1.82) is 0 Å². The first kappa shape index (κ1) is 8.52. The standard InChI is InChI=1S/C6H5N3O.Na.H/c10-9-6-4-2-1-3-5(6)7-8-9;;/h1-4,10H;;/q;+1;-1. The predicted molar refractivity (Wildman–Crippen MR) is 35.8 cm³/mol. The molecule has 0 saturated heterocycles. The average Bonchev–Trinajstić information content (AvgIpc) is 2.34. The van der Waals surface area contributed by atoms with E-state index in [0.29, 0.717) is 11.0 Å². The second kappa shape index (κ2) is 3.21. The van der Waals surface area contributed by atoms with Gasteiger partial charge in [0, 0.05) is 0 Å². The molecule has 1 N–H and O–H groups in total. The van der Waals surface area contributed by atoms with Crippen LogP contribution in [0.5, 0.6) is 0 Å². The summed E-state index contributed by atoms with van der Waals surface area (Å²) in [5.41, 5.74) is 1.33. The summed E-state index contributed by atoms with van der Waals surface area (Å²) in [5, 5.41) is 16.1. The maximum Gasteiger partial charge on any atom is 1.00 e.